The molecule has 2 aliphatic rings. The van der Waals surface area contributed by atoms with Crippen molar-refractivity contribution < 1.29 is 31.9 Å². The first-order valence-corrected chi connectivity index (χ1v) is 13.9. The van der Waals surface area contributed by atoms with E-state index in [2.05, 4.69) is 25.8 Å². The van der Waals surface area contributed by atoms with Gasteiger partial charge in [0.15, 0.2) is 5.65 Å². The number of nitrogens with one attached hydrogen (secondary N) is 2. The highest BCUT2D eigenvalue weighted by molar-refractivity contribution is 5.92. The second-order valence-electron chi connectivity index (χ2n) is 11.3. The number of ether oxygens (including phenoxy) is 1. The molecule has 2 atom stereocenters. The highest BCUT2D eigenvalue weighted by Gasteiger charge is 2.43. The van der Waals surface area contributed by atoms with Crippen molar-refractivity contribution in [1.29, 1.82) is 0 Å². The van der Waals surface area contributed by atoms with Crippen LogP contribution in [0.1, 0.15) is 79.4 Å². The molecule has 0 aromatic carbocycles. The van der Waals surface area contributed by atoms with Crippen LogP contribution in [0.15, 0.2) is 30.7 Å². The van der Waals surface area contributed by atoms with Crippen molar-refractivity contribution >= 4 is 17.6 Å². The monoisotopic (exact) mass is 594 g/mol. The minimum Gasteiger partial charge on any atom is -0.382 e. The number of hydrogen-bond acceptors (Lipinski definition) is 6. The first kappa shape index (κ1) is 29.7. The lowest BCUT2D eigenvalue weighted by molar-refractivity contribution is -0.0510. The van der Waals surface area contributed by atoms with E-state index in [1.165, 1.54) is 24.0 Å². The van der Waals surface area contributed by atoms with Crippen LogP contribution in [0.4, 0.5) is 22.4 Å². The number of fused-ring (bicyclic) bond motifs is 1. The molecule has 1 aliphatic carbocycles. The normalized spacial score (nSPS) is 20.5. The zero-order valence-electron chi connectivity index (χ0n) is 23.6. The summed E-state index contributed by atoms with van der Waals surface area (Å²) in [6.45, 7) is 2.18. The Hall–Kier alpha value is -3.75. The van der Waals surface area contributed by atoms with Gasteiger partial charge in [0.05, 0.1) is 49.9 Å². The molecule has 15 heteroatoms. The standard InChI is InChI=1S/C27H34F4N8O3/c1-16(2)39-20(6-9-33-39)24(40)36-23(17-4-7-26(28,29)8-5-17)19-12-38-22(35-19)10-18(11-34-38)21(13-42-3)37-15-27(30,31)14-32-25(37)41/h6,9-12,16-17,21,23H,4-5,7-8,13-15H2,1-3H3,(H,32,41)(H,36,40). The van der Waals surface area contributed by atoms with E-state index < -0.39 is 49.0 Å². The maximum atomic E-state index is 14.2. The van der Waals surface area contributed by atoms with Gasteiger partial charge in [0.25, 0.3) is 11.8 Å². The zero-order chi connectivity index (χ0) is 30.2. The van der Waals surface area contributed by atoms with Gasteiger partial charge in [-0.3, -0.25) is 9.48 Å². The molecule has 4 heterocycles. The molecule has 0 bridgehead atoms. The van der Waals surface area contributed by atoms with Crippen LogP contribution in [-0.4, -0.2) is 79.9 Å². The van der Waals surface area contributed by atoms with Crippen LogP contribution in [0.5, 0.6) is 0 Å². The smallest absolute Gasteiger partial charge is 0.318 e. The van der Waals surface area contributed by atoms with E-state index in [0.29, 0.717) is 22.6 Å². The fourth-order valence-corrected chi connectivity index (χ4v) is 5.65. The second-order valence-corrected chi connectivity index (χ2v) is 11.3. The SMILES string of the molecule is COCC(c1cnn2cc(C(NC(=O)c3ccnn3C(C)C)C3CCC(F)(F)CC3)nc2c1)N1CC(F)(F)CNC1=O. The molecule has 5 rings (SSSR count). The Bertz CT molecular complexity index is 1430. The van der Waals surface area contributed by atoms with Crippen molar-refractivity contribution in [3.05, 3.63) is 47.7 Å². The number of carbonyl (C=O) groups excluding carboxylic acids is 2. The molecule has 1 saturated heterocycles. The average molecular weight is 595 g/mol. The van der Waals surface area contributed by atoms with Crippen molar-refractivity contribution in [2.75, 3.05) is 26.8 Å². The molecular formula is C27H34F4N8O3. The predicted molar refractivity (Wildman–Crippen MR) is 142 cm³/mol. The number of alkyl halides is 4. The molecule has 3 amide bonds. The molecule has 2 N–H and O–H groups in total. The maximum absolute atomic E-state index is 14.2. The fraction of sp³-hybridized carbons (Fsp3) is 0.593. The van der Waals surface area contributed by atoms with Gasteiger partial charge in [0.1, 0.15) is 5.69 Å². The third-order valence-corrected chi connectivity index (χ3v) is 7.84. The summed E-state index contributed by atoms with van der Waals surface area (Å²) in [7, 11) is 1.40. The Morgan fingerprint density at radius 2 is 1.93 bits per heavy atom. The number of hydrogen-bond donors (Lipinski definition) is 2. The topological polar surface area (TPSA) is 119 Å². The van der Waals surface area contributed by atoms with E-state index in [1.54, 1.807) is 23.0 Å². The summed E-state index contributed by atoms with van der Waals surface area (Å²) in [6, 6.07) is 0.912. The summed E-state index contributed by atoms with van der Waals surface area (Å²) in [5.74, 6) is -6.60. The summed E-state index contributed by atoms with van der Waals surface area (Å²) in [5, 5.41) is 13.8. The molecule has 3 aromatic rings. The minimum atomic E-state index is -3.12. The van der Waals surface area contributed by atoms with Gasteiger partial charge >= 0.3 is 6.03 Å². The number of aromatic nitrogens is 5. The first-order chi connectivity index (χ1) is 19.9. The van der Waals surface area contributed by atoms with Gasteiger partial charge in [-0.2, -0.15) is 10.2 Å². The van der Waals surface area contributed by atoms with Crippen LogP contribution >= 0.6 is 0 Å². The first-order valence-electron chi connectivity index (χ1n) is 13.9. The Kier molecular flexibility index (Phi) is 8.14. The number of urea groups is 1. The van der Waals surface area contributed by atoms with Crippen molar-refractivity contribution in [2.45, 2.75) is 69.5 Å². The molecule has 2 unspecified atom stereocenters. The van der Waals surface area contributed by atoms with Gasteiger partial charge in [-0.25, -0.2) is 31.9 Å². The number of methoxy groups -OCH3 is 1. The number of nitrogens with zero attached hydrogens (tertiary/aromatic N) is 6. The number of rotatable bonds is 9. The summed E-state index contributed by atoms with van der Waals surface area (Å²) in [5.41, 5.74) is 1.51. The van der Waals surface area contributed by atoms with Crippen molar-refractivity contribution in [2.24, 2.45) is 5.92 Å². The predicted octanol–water partition coefficient (Wildman–Crippen LogP) is 4.15. The van der Waals surface area contributed by atoms with Crippen molar-refractivity contribution in [3.8, 4) is 0 Å². The van der Waals surface area contributed by atoms with Crippen LogP contribution < -0.4 is 10.6 Å². The van der Waals surface area contributed by atoms with Crippen LogP contribution in [0.3, 0.4) is 0 Å². The molecule has 3 aromatic heterocycles. The average Bonchev–Trinajstić information content (AvgIpc) is 3.59. The molecule has 42 heavy (non-hydrogen) atoms. The molecule has 0 radical (unpaired) electrons. The Morgan fingerprint density at radius 3 is 2.62 bits per heavy atom. The highest BCUT2D eigenvalue weighted by Crippen LogP contribution is 2.41. The van der Waals surface area contributed by atoms with E-state index in [4.69, 9.17) is 4.74 Å². The fourth-order valence-electron chi connectivity index (χ4n) is 5.65. The van der Waals surface area contributed by atoms with E-state index >= 15 is 0 Å². The van der Waals surface area contributed by atoms with Crippen LogP contribution in [0.25, 0.3) is 5.65 Å². The lowest BCUT2D eigenvalue weighted by Gasteiger charge is -2.38. The van der Waals surface area contributed by atoms with Crippen molar-refractivity contribution in [3.63, 3.8) is 0 Å². The maximum Gasteiger partial charge on any atom is 0.318 e. The van der Waals surface area contributed by atoms with Gasteiger partial charge in [0, 0.05) is 37.8 Å². The summed E-state index contributed by atoms with van der Waals surface area (Å²) < 4.78 is 64.7. The highest BCUT2D eigenvalue weighted by atomic mass is 19.3. The molecule has 1 saturated carbocycles. The lowest BCUT2D eigenvalue weighted by Crippen LogP contribution is -2.58. The zero-order valence-corrected chi connectivity index (χ0v) is 23.6. The van der Waals surface area contributed by atoms with Gasteiger partial charge < -0.3 is 20.3 Å². The number of imidazole rings is 1. The largest absolute Gasteiger partial charge is 0.382 e. The molecule has 228 valence electrons. The minimum absolute atomic E-state index is 0.0621. The third kappa shape index (κ3) is 6.20. The number of halogens is 4. The van der Waals surface area contributed by atoms with Crippen LogP contribution in [-0.2, 0) is 4.74 Å². The molecule has 1 aliphatic heterocycles. The Morgan fingerprint density at radius 1 is 1.19 bits per heavy atom. The molecule has 11 nitrogen and oxygen atoms in total. The number of carbonyl (C=O) groups is 2. The van der Waals surface area contributed by atoms with Crippen molar-refractivity contribution in [1.82, 2.24) is 39.9 Å². The Labute approximate surface area is 239 Å². The van der Waals surface area contributed by atoms with E-state index in [0.717, 1.165) is 4.90 Å². The lowest BCUT2D eigenvalue weighted by atomic mass is 9.81. The van der Waals surface area contributed by atoms with Gasteiger partial charge in [0.2, 0.25) is 5.92 Å². The molecule has 2 fully saturated rings. The van der Waals surface area contributed by atoms with Gasteiger partial charge in [-0.05, 0) is 44.7 Å². The molecule has 0 spiro atoms. The van der Waals surface area contributed by atoms with E-state index in [-0.39, 0.29) is 44.2 Å². The summed E-state index contributed by atoms with van der Waals surface area (Å²) >= 11 is 0. The summed E-state index contributed by atoms with van der Waals surface area (Å²) in [4.78, 5) is 31.6. The van der Waals surface area contributed by atoms with Crippen LogP contribution in [0.2, 0.25) is 0 Å². The molecular weight excluding hydrogens is 560 g/mol. The quantitative estimate of drug-likeness (QED) is 0.360. The van der Waals surface area contributed by atoms with Gasteiger partial charge in [-0.15, -0.1) is 0 Å². The second kappa shape index (κ2) is 11.5. The van der Waals surface area contributed by atoms with E-state index in [9.17, 15) is 27.2 Å². The van der Waals surface area contributed by atoms with E-state index in [1.807, 2.05) is 13.8 Å². The van der Waals surface area contributed by atoms with Gasteiger partial charge in [-0.1, -0.05) is 0 Å². The van der Waals surface area contributed by atoms with Crippen LogP contribution in [0, 0.1) is 5.92 Å². The number of amides is 3. The third-order valence-electron chi connectivity index (χ3n) is 7.84. The summed E-state index contributed by atoms with van der Waals surface area (Å²) in [6.07, 6.45) is 4.35. The Balaban J connectivity index is 1.47.